The zero-order chi connectivity index (χ0) is 12.3. The molecule has 92 valence electrons. The number of nitrogens with zero attached hydrogens (tertiary/aromatic N) is 1. The van der Waals surface area contributed by atoms with Crippen LogP contribution < -0.4 is 10.9 Å². The highest BCUT2D eigenvalue weighted by molar-refractivity contribution is 5.93. The summed E-state index contributed by atoms with van der Waals surface area (Å²) in [5, 5.41) is 2.68. The number of H-pyrrole nitrogens is 1. The number of aryl methyl sites for hydroxylation is 1. The smallest absolute Gasteiger partial charge is 0.263 e. The Morgan fingerprint density at radius 2 is 2.53 bits per heavy atom. The van der Waals surface area contributed by atoms with Gasteiger partial charge >= 0.3 is 0 Å². The van der Waals surface area contributed by atoms with Crippen LogP contribution in [0, 0.1) is 6.92 Å². The van der Waals surface area contributed by atoms with Gasteiger partial charge in [0.2, 0.25) is 0 Å². The molecule has 1 aromatic heterocycles. The molecule has 1 aromatic rings. The van der Waals surface area contributed by atoms with E-state index in [2.05, 4.69) is 15.3 Å². The van der Waals surface area contributed by atoms with Gasteiger partial charge in [0.25, 0.3) is 11.5 Å². The molecule has 6 heteroatoms. The largest absolute Gasteiger partial charge is 0.376 e. The van der Waals surface area contributed by atoms with Gasteiger partial charge in [0.05, 0.1) is 6.10 Å². The highest BCUT2D eigenvalue weighted by atomic mass is 16.5. The summed E-state index contributed by atoms with van der Waals surface area (Å²) >= 11 is 0. The number of rotatable bonds is 3. The standard InChI is InChI=1S/C11H15N3O3/c1-7-12-6-9(11(16)14-7)10(15)13-5-8-3-2-4-17-8/h6,8H,2-5H2,1H3,(H,13,15)(H,12,14,16). The summed E-state index contributed by atoms with van der Waals surface area (Å²) in [4.78, 5) is 29.6. The first-order valence-corrected chi connectivity index (χ1v) is 5.62. The fourth-order valence-electron chi connectivity index (χ4n) is 1.75. The number of aromatic nitrogens is 2. The third kappa shape index (κ3) is 2.91. The predicted octanol–water partition coefficient (Wildman–Crippen LogP) is -0.0129. The number of carbonyl (C=O) groups excluding carboxylic acids is 1. The molecule has 1 saturated heterocycles. The Labute approximate surface area is 98.4 Å². The van der Waals surface area contributed by atoms with E-state index in [0.717, 1.165) is 19.4 Å². The van der Waals surface area contributed by atoms with E-state index in [1.54, 1.807) is 6.92 Å². The molecule has 1 amide bonds. The number of carbonyl (C=O) groups is 1. The summed E-state index contributed by atoms with van der Waals surface area (Å²) in [6.07, 6.45) is 3.33. The number of nitrogens with one attached hydrogen (secondary N) is 2. The van der Waals surface area contributed by atoms with Crippen LogP contribution in [0.4, 0.5) is 0 Å². The van der Waals surface area contributed by atoms with E-state index in [-0.39, 0.29) is 11.7 Å². The minimum atomic E-state index is -0.414. The van der Waals surface area contributed by atoms with E-state index >= 15 is 0 Å². The molecule has 17 heavy (non-hydrogen) atoms. The van der Waals surface area contributed by atoms with Crippen molar-refractivity contribution < 1.29 is 9.53 Å². The second-order valence-electron chi connectivity index (χ2n) is 4.06. The molecular weight excluding hydrogens is 222 g/mol. The Hall–Kier alpha value is -1.69. The van der Waals surface area contributed by atoms with E-state index in [9.17, 15) is 9.59 Å². The Bertz CT molecular complexity index is 463. The molecular formula is C11H15N3O3. The Morgan fingerprint density at radius 3 is 3.18 bits per heavy atom. The minimum absolute atomic E-state index is 0.0357. The summed E-state index contributed by atoms with van der Waals surface area (Å²) in [5.41, 5.74) is -0.379. The molecule has 2 rings (SSSR count). The molecule has 6 nitrogen and oxygen atoms in total. The summed E-state index contributed by atoms with van der Waals surface area (Å²) in [6.45, 7) is 2.84. The van der Waals surface area contributed by atoms with Crippen LogP contribution in [0.25, 0.3) is 0 Å². The first-order chi connectivity index (χ1) is 8.16. The van der Waals surface area contributed by atoms with Crippen LogP contribution >= 0.6 is 0 Å². The molecule has 0 aliphatic carbocycles. The second-order valence-corrected chi connectivity index (χ2v) is 4.06. The zero-order valence-corrected chi connectivity index (χ0v) is 9.66. The molecule has 0 aromatic carbocycles. The maximum Gasteiger partial charge on any atom is 0.263 e. The second kappa shape index (κ2) is 5.09. The van der Waals surface area contributed by atoms with Gasteiger partial charge in [-0.25, -0.2) is 4.98 Å². The molecule has 2 heterocycles. The lowest BCUT2D eigenvalue weighted by Crippen LogP contribution is -2.35. The number of hydrogen-bond acceptors (Lipinski definition) is 4. The number of ether oxygens (including phenoxy) is 1. The summed E-state index contributed by atoms with van der Waals surface area (Å²) in [7, 11) is 0. The highest BCUT2D eigenvalue weighted by Crippen LogP contribution is 2.10. The molecule has 0 radical (unpaired) electrons. The molecule has 2 N–H and O–H groups in total. The van der Waals surface area contributed by atoms with Crippen molar-refractivity contribution in [3.63, 3.8) is 0 Å². The zero-order valence-electron chi connectivity index (χ0n) is 9.66. The maximum absolute atomic E-state index is 11.7. The molecule has 1 unspecified atom stereocenters. The summed E-state index contributed by atoms with van der Waals surface area (Å²) < 4.78 is 5.37. The third-order valence-corrected chi connectivity index (χ3v) is 2.69. The van der Waals surface area contributed by atoms with E-state index in [1.807, 2.05) is 0 Å². The van der Waals surface area contributed by atoms with Gasteiger partial charge in [0, 0.05) is 19.3 Å². The first kappa shape index (κ1) is 11.8. The monoisotopic (exact) mass is 237 g/mol. The molecule has 0 saturated carbocycles. The number of hydrogen-bond donors (Lipinski definition) is 2. The van der Waals surface area contributed by atoms with Crippen LogP contribution in [-0.2, 0) is 4.74 Å². The lowest BCUT2D eigenvalue weighted by atomic mass is 10.2. The van der Waals surface area contributed by atoms with Gasteiger partial charge in [0.15, 0.2) is 0 Å². The number of aromatic amines is 1. The van der Waals surface area contributed by atoms with E-state index in [1.165, 1.54) is 6.20 Å². The van der Waals surface area contributed by atoms with Crippen LogP contribution in [0.3, 0.4) is 0 Å². The van der Waals surface area contributed by atoms with Crippen molar-refractivity contribution in [1.29, 1.82) is 0 Å². The number of amides is 1. The van der Waals surface area contributed by atoms with Gasteiger partial charge in [-0.3, -0.25) is 9.59 Å². The predicted molar refractivity (Wildman–Crippen MR) is 60.9 cm³/mol. The minimum Gasteiger partial charge on any atom is -0.376 e. The van der Waals surface area contributed by atoms with Crippen molar-refractivity contribution in [3.8, 4) is 0 Å². The van der Waals surface area contributed by atoms with E-state index < -0.39 is 11.5 Å². The van der Waals surface area contributed by atoms with Crippen molar-refractivity contribution in [2.24, 2.45) is 0 Å². The average Bonchev–Trinajstić information content (AvgIpc) is 2.78. The molecule has 1 atom stereocenters. The highest BCUT2D eigenvalue weighted by Gasteiger charge is 2.17. The molecule has 1 aliphatic heterocycles. The maximum atomic E-state index is 11.7. The third-order valence-electron chi connectivity index (χ3n) is 2.69. The fourth-order valence-corrected chi connectivity index (χ4v) is 1.75. The van der Waals surface area contributed by atoms with Crippen molar-refractivity contribution in [2.75, 3.05) is 13.2 Å². The lowest BCUT2D eigenvalue weighted by Gasteiger charge is -2.10. The summed E-state index contributed by atoms with van der Waals surface area (Å²) in [5.74, 6) is 0.0833. The van der Waals surface area contributed by atoms with Gasteiger partial charge < -0.3 is 15.0 Å². The van der Waals surface area contributed by atoms with Crippen LogP contribution in [0.2, 0.25) is 0 Å². The Balaban J connectivity index is 1.97. The van der Waals surface area contributed by atoms with Crippen LogP contribution in [-0.4, -0.2) is 35.1 Å². The lowest BCUT2D eigenvalue weighted by molar-refractivity contribution is 0.0856. The van der Waals surface area contributed by atoms with Crippen LogP contribution in [0.1, 0.15) is 29.0 Å². The van der Waals surface area contributed by atoms with Crippen molar-refractivity contribution in [2.45, 2.75) is 25.9 Å². The average molecular weight is 237 g/mol. The van der Waals surface area contributed by atoms with Gasteiger partial charge in [-0.2, -0.15) is 0 Å². The van der Waals surface area contributed by atoms with Crippen molar-refractivity contribution >= 4 is 5.91 Å². The fraction of sp³-hybridized carbons (Fsp3) is 0.545. The SMILES string of the molecule is Cc1ncc(C(=O)NCC2CCCO2)c(=O)[nH]1. The van der Waals surface area contributed by atoms with Crippen molar-refractivity contribution in [1.82, 2.24) is 15.3 Å². The van der Waals surface area contributed by atoms with Gasteiger partial charge in [-0.15, -0.1) is 0 Å². The van der Waals surface area contributed by atoms with Gasteiger partial charge in [-0.05, 0) is 19.8 Å². The van der Waals surface area contributed by atoms with Gasteiger partial charge in [0.1, 0.15) is 11.4 Å². The molecule has 0 bridgehead atoms. The quantitative estimate of drug-likeness (QED) is 0.774. The Kier molecular flexibility index (Phi) is 3.53. The molecule has 0 spiro atoms. The topological polar surface area (TPSA) is 84.1 Å². The van der Waals surface area contributed by atoms with Gasteiger partial charge in [-0.1, -0.05) is 0 Å². The van der Waals surface area contributed by atoms with Crippen LogP contribution in [0.5, 0.6) is 0 Å². The van der Waals surface area contributed by atoms with E-state index in [4.69, 9.17) is 4.74 Å². The molecule has 1 aliphatic rings. The normalized spacial score (nSPS) is 19.2. The van der Waals surface area contributed by atoms with Crippen LogP contribution in [0.15, 0.2) is 11.0 Å². The summed E-state index contributed by atoms with van der Waals surface area (Å²) in [6, 6.07) is 0. The first-order valence-electron chi connectivity index (χ1n) is 5.62. The molecule has 1 fully saturated rings. The van der Waals surface area contributed by atoms with Crippen molar-refractivity contribution in [3.05, 3.63) is 27.9 Å². The Morgan fingerprint density at radius 1 is 1.71 bits per heavy atom. The van der Waals surface area contributed by atoms with E-state index in [0.29, 0.717) is 12.4 Å².